The molecule has 0 aliphatic carbocycles. The van der Waals surface area contributed by atoms with Crippen LogP contribution in [-0.2, 0) is 19.5 Å². The molecule has 9 nitrogen and oxygen atoms in total. The van der Waals surface area contributed by atoms with Crippen molar-refractivity contribution in [1.82, 2.24) is 14.3 Å². The molecule has 2 aromatic heterocycles. The SMILES string of the molecule is COC(=O)c1sccc1S(=O)(=O)N1CCOC(COc2ncccn2)C1. The van der Waals surface area contributed by atoms with Gasteiger partial charge in [-0.15, -0.1) is 11.3 Å². The van der Waals surface area contributed by atoms with Crippen LogP contribution < -0.4 is 4.74 Å². The van der Waals surface area contributed by atoms with Crippen molar-refractivity contribution >= 4 is 27.3 Å². The monoisotopic (exact) mass is 399 g/mol. The standard InChI is InChI=1S/C15H17N3O6S2/c1-22-14(19)13-12(3-8-25-13)26(20,21)18-6-7-23-11(9-18)10-24-15-16-4-2-5-17-15/h2-5,8,11H,6-7,9-10H2,1H3. The molecular weight excluding hydrogens is 382 g/mol. The Morgan fingerprint density at radius 2 is 2.19 bits per heavy atom. The van der Waals surface area contributed by atoms with Gasteiger partial charge in [-0.1, -0.05) is 0 Å². The van der Waals surface area contributed by atoms with E-state index in [9.17, 15) is 13.2 Å². The number of nitrogens with zero attached hydrogens (tertiary/aromatic N) is 3. The fourth-order valence-electron chi connectivity index (χ4n) is 2.42. The first-order valence-corrected chi connectivity index (χ1v) is 10.0. The van der Waals surface area contributed by atoms with Gasteiger partial charge in [0.15, 0.2) is 0 Å². The van der Waals surface area contributed by atoms with E-state index in [1.807, 2.05) is 0 Å². The molecule has 1 saturated heterocycles. The highest BCUT2D eigenvalue weighted by Gasteiger charge is 2.34. The highest BCUT2D eigenvalue weighted by Crippen LogP contribution is 2.27. The number of methoxy groups -OCH3 is 1. The molecule has 1 unspecified atom stereocenters. The van der Waals surface area contributed by atoms with Crippen LogP contribution in [0.5, 0.6) is 6.01 Å². The summed E-state index contributed by atoms with van der Waals surface area (Å²) in [7, 11) is -2.63. The molecule has 0 saturated carbocycles. The van der Waals surface area contributed by atoms with E-state index < -0.39 is 22.1 Å². The first-order valence-electron chi connectivity index (χ1n) is 7.69. The van der Waals surface area contributed by atoms with Gasteiger partial charge in [0.1, 0.15) is 22.5 Å². The molecule has 1 fully saturated rings. The van der Waals surface area contributed by atoms with Crippen molar-refractivity contribution in [3.05, 3.63) is 34.8 Å². The quantitative estimate of drug-likeness (QED) is 0.656. The minimum atomic E-state index is -3.84. The lowest BCUT2D eigenvalue weighted by atomic mass is 10.3. The number of hydrogen-bond acceptors (Lipinski definition) is 9. The number of aromatic nitrogens is 2. The van der Waals surface area contributed by atoms with E-state index in [0.717, 1.165) is 11.3 Å². The molecule has 0 bridgehead atoms. The first-order chi connectivity index (χ1) is 12.5. The molecule has 1 aliphatic heterocycles. The molecular formula is C15H17N3O6S2. The number of hydrogen-bond donors (Lipinski definition) is 0. The van der Waals surface area contributed by atoms with Gasteiger partial charge < -0.3 is 14.2 Å². The molecule has 0 spiro atoms. The maximum atomic E-state index is 12.9. The lowest BCUT2D eigenvalue weighted by molar-refractivity contribution is -0.0265. The number of morpholine rings is 1. The Kier molecular flexibility index (Phi) is 5.81. The van der Waals surface area contributed by atoms with Gasteiger partial charge in [0.05, 0.1) is 13.7 Å². The number of sulfonamides is 1. The second-order valence-corrected chi connectivity index (χ2v) is 8.13. The van der Waals surface area contributed by atoms with Crippen LogP contribution in [-0.4, -0.2) is 68.2 Å². The summed E-state index contributed by atoms with van der Waals surface area (Å²) < 4.78 is 42.8. The van der Waals surface area contributed by atoms with Crippen LogP contribution in [0.2, 0.25) is 0 Å². The van der Waals surface area contributed by atoms with Gasteiger partial charge in [-0.2, -0.15) is 4.31 Å². The van der Waals surface area contributed by atoms with Crippen LogP contribution >= 0.6 is 11.3 Å². The lowest BCUT2D eigenvalue weighted by Gasteiger charge is -2.31. The smallest absolute Gasteiger partial charge is 0.349 e. The zero-order valence-electron chi connectivity index (χ0n) is 13.9. The predicted octanol–water partition coefficient (Wildman–Crippen LogP) is 0.793. The number of esters is 1. The molecule has 140 valence electrons. The van der Waals surface area contributed by atoms with Crippen molar-refractivity contribution in [2.75, 3.05) is 33.4 Å². The van der Waals surface area contributed by atoms with Crippen molar-refractivity contribution in [1.29, 1.82) is 0 Å². The Balaban J connectivity index is 1.70. The Hall–Kier alpha value is -2.08. The summed E-state index contributed by atoms with van der Waals surface area (Å²) in [6.07, 6.45) is 2.62. The molecule has 1 atom stereocenters. The third-order valence-electron chi connectivity index (χ3n) is 3.66. The van der Waals surface area contributed by atoms with Crippen LogP contribution in [0.4, 0.5) is 0 Å². The molecule has 0 radical (unpaired) electrons. The molecule has 11 heteroatoms. The normalized spacial score (nSPS) is 18.4. The molecule has 0 amide bonds. The van der Waals surface area contributed by atoms with Crippen molar-refractivity contribution in [3.8, 4) is 6.01 Å². The maximum absolute atomic E-state index is 12.9. The molecule has 0 N–H and O–H groups in total. The van der Waals surface area contributed by atoms with E-state index in [4.69, 9.17) is 9.47 Å². The van der Waals surface area contributed by atoms with Gasteiger partial charge in [-0.25, -0.2) is 23.2 Å². The van der Waals surface area contributed by atoms with Gasteiger partial charge in [0.25, 0.3) is 0 Å². The predicted molar refractivity (Wildman–Crippen MR) is 91.7 cm³/mol. The van der Waals surface area contributed by atoms with Crippen molar-refractivity contribution in [2.45, 2.75) is 11.0 Å². The highest BCUT2D eigenvalue weighted by atomic mass is 32.2. The van der Waals surface area contributed by atoms with E-state index >= 15 is 0 Å². The van der Waals surface area contributed by atoms with Crippen molar-refractivity contribution in [2.24, 2.45) is 0 Å². The van der Waals surface area contributed by atoms with E-state index in [0.29, 0.717) is 0 Å². The Bertz CT molecular complexity index is 855. The van der Waals surface area contributed by atoms with Gasteiger partial charge in [0, 0.05) is 25.5 Å². The molecule has 3 rings (SSSR count). The minimum Gasteiger partial charge on any atom is -0.465 e. The van der Waals surface area contributed by atoms with Crippen molar-refractivity contribution < 1.29 is 27.4 Å². The van der Waals surface area contributed by atoms with Crippen LogP contribution in [0.25, 0.3) is 0 Å². The fourth-order valence-corrected chi connectivity index (χ4v) is 5.18. The molecule has 0 aromatic carbocycles. The second kappa shape index (κ2) is 8.08. The summed E-state index contributed by atoms with van der Waals surface area (Å²) in [6, 6.07) is 3.27. The Labute approximate surface area is 154 Å². The maximum Gasteiger partial charge on any atom is 0.349 e. The fraction of sp³-hybridized carbons (Fsp3) is 0.400. The number of ether oxygens (including phenoxy) is 3. The zero-order chi connectivity index (χ0) is 18.6. The second-order valence-electron chi connectivity index (χ2n) is 5.30. The van der Waals surface area contributed by atoms with Crippen LogP contribution in [0, 0.1) is 0 Å². The summed E-state index contributed by atoms with van der Waals surface area (Å²) in [4.78, 5) is 19.7. The van der Waals surface area contributed by atoms with Crippen LogP contribution in [0.3, 0.4) is 0 Å². The summed E-state index contributed by atoms with van der Waals surface area (Å²) in [5.74, 6) is -0.673. The number of rotatable bonds is 6. The molecule has 2 aromatic rings. The summed E-state index contributed by atoms with van der Waals surface area (Å²) in [5, 5.41) is 1.55. The summed E-state index contributed by atoms with van der Waals surface area (Å²) in [5.41, 5.74) is 0. The van der Waals surface area contributed by atoms with Crippen LogP contribution in [0.1, 0.15) is 9.67 Å². The van der Waals surface area contributed by atoms with Gasteiger partial charge >= 0.3 is 12.0 Å². The van der Waals surface area contributed by atoms with Gasteiger partial charge in [-0.05, 0) is 17.5 Å². The Morgan fingerprint density at radius 1 is 1.42 bits per heavy atom. The molecule has 3 heterocycles. The lowest BCUT2D eigenvalue weighted by Crippen LogP contribution is -2.47. The Morgan fingerprint density at radius 3 is 2.92 bits per heavy atom. The highest BCUT2D eigenvalue weighted by molar-refractivity contribution is 7.89. The summed E-state index contributed by atoms with van der Waals surface area (Å²) in [6.45, 7) is 0.632. The first kappa shape index (κ1) is 18.7. The van der Waals surface area contributed by atoms with Gasteiger partial charge in [-0.3, -0.25) is 0 Å². The van der Waals surface area contributed by atoms with E-state index in [1.165, 1.54) is 17.5 Å². The van der Waals surface area contributed by atoms with Crippen LogP contribution in [0.15, 0.2) is 34.8 Å². The molecule has 26 heavy (non-hydrogen) atoms. The van der Waals surface area contributed by atoms with Gasteiger partial charge in [0.2, 0.25) is 10.0 Å². The number of carbonyl (C=O) groups excluding carboxylic acids is 1. The summed E-state index contributed by atoms with van der Waals surface area (Å²) >= 11 is 1.03. The van der Waals surface area contributed by atoms with E-state index in [-0.39, 0.29) is 42.1 Å². The zero-order valence-corrected chi connectivity index (χ0v) is 15.5. The van der Waals surface area contributed by atoms with Crippen molar-refractivity contribution in [3.63, 3.8) is 0 Å². The topological polar surface area (TPSA) is 108 Å². The van der Waals surface area contributed by atoms with E-state index in [2.05, 4.69) is 14.7 Å². The minimum absolute atomic E-state index is 0.0534. The third-order valence-corrected chi connectivity index (χ3v) is 6.59. The van der Waals surface area contributed by atoms with E-state index in [1.54, 1.807) is 23.8 Å². The average Bonchev–Trinajstić information content (AvgIpc) is 3.17. The average molecular weight is 399 g/mol. The number of carbonyl (C=O) groups is 1. The third kappa shape index (κ3) is 4.01. The largest absolute Gasteiger partial charge is 0.465 e. The molecule has 1 aliphatic rings. The number of thiophene rings is 1.